The minimum absolute atomic E-state index is 0.209. The van der Waals surface area contributed by atoms with Gasteiger partial charge >= 0.3 is 6.03 Å². The average Bonchev–Trinajstić information content (AvgIpc) is 3.05. The summed E-state index contributed by atoms with van der Waals surface area (Å²) >= 11 is -2.82. The number of urea groups is 1. The van der Waals surface area contributed by atoms with E-state index in [1.165, 1.54) is 4.90 Å². The lowest BCUT2D eigenvalue weighted by molar-refractivity contribution is -0.139. The van der Waals surface area contributed by atoms with E-state index in [0.717, 1.165) is 18.0 Å². The Balaban J connectivity index is 1.49. The molecule has 2 bridgehead atoms. The summed E-state index contributed by atoms with van der Waals surface area (Å²) in [5, 5.41) is 4.12. The van der Waals surface area contributed by atoms with Gasteiger partial charge in [0.05, 0.1) is 12.6 Å². The summed E-state index contributed by atoms with van der Waals surface area (Å²) in [5.41, 5.74) is 2.40. The van der Waals surface area contributed by atoms with Crippen molar-refractivity contribution in [2.75, 3.05) is 19.7 Å². The lowest BCUT2D eigenvalue weighted by Gasteiger charge is -2.29. The molecule has 3 amide bonds. The van der Waals surface area contributed by atoms with Gasteiger partial charge in [0.1, 0.15) is 17.4 Å². The Morgan fingerprint density at radius 1 is 1.50 bits per heavy atom. The number of nitrogens with zero attached hydrogens (tertiary/aromatic N) is 2. The number of fused-ring (bicyclic) bond motifs is 2. The van der Waals surface area contributed by atoms with Crippen molar-refractivity contribution < 1.29 is 27.5 Å². The molecule has 0 aromatic carbocycles. The topological polar surface area (TPSA) is 123 Å². The molecule has 3 rings (SSSR count). The second kappa shape index (κ2) is 7.31. The quantitative estimate of drug-likeness (QED) is 0.461. The summed E-state index contributed by atoms with van der Waals surface area (Å²) in [6.45, 7) is 3.70. The first-order chi connectivity index (χ1) is 11.5. The van der Waals surface area contributed by atoms with Gasteiger partial charge in [-0.15, -0.1) is 0 Å². The summed E-state index contributed by atoms with van der Waals surface area (Å²) in [7, 11) is 0. The minimum Gasteiger partial charge on any atom is -0.748 e. The third kappa shape index (κ3) is 3.70. The van der Waals surface area contributed by atoms with Crippen molar-refractivity contribution in [2.24, 2.45) is 5.92 Å². The molecule has 0 aliphatic carbocycles. The third-order valence-electron chi connectivity index (χ3n) is 4.67. The Bertz CT molecular complexity index is 535. The molecule has 0 aromatic heterocycles. The van der Waals surface area contributed by atoms with Gasteiger partial charge in [0.25, 0.3) is 5.91 Å². The van der Waals surface area contributed by atoms with Gasteiger partial charge in [0.15, 0.2) is 0 Å². The molecule has 0 saturated carbocycles. The van der Waals surface area contributed by atoms with Gasteiger partial charge in [0.2, 0.25) is 0 Å². The van der Waals surface area contributed by atoms with Gasteiger partial charge in [-0.25, -0.2) is 14.5 Å². The maximum Gasteiger partial charge on any atom is 0.346 e. The zero-order valence-electron chi connectivity index (χ0n) is 13.3. The van der Waals surface area contributed by atoms with Crippen LogP contribution in [0, 0.1) is 5.92 Å². The maximum atomic E-state index is 12.3. The molecule has 5 atom stereocenters. The van der Waals surface area contributed by atoms with Crippen molar-refractivity contribution in [1.82, 2.24) is 20.8 Å². The fraction of sp³-hybridized carbons (Fsp3) is 0.846. The molecule has 11 heteroatoms. The minimum atomic E-state index is -2.82. The van der Waals surface area contributed by atoms with E-state index >= 15 is 0 Å². The lowest BCUT2D eigenvalue weighted by Crippen LogP contribution is -2.50. The first-order valence-corrected chi connectivity index (χ1v) is 8.98. The van der Waals surface area contributed by atoms with E-state index in [2.05, 4.69) is 22.0 Å². The van der Waals surface area contributed by atoms with Crippen LogP contribution in [0.3, 0.4) is 0 Å². The number of piperidine rings is 1. The Kier molecular flexibility index (Phi) is 5.35. The molecule has 0 radical (unpaired) electrons. The normalized spacial score (nSPS) is 33.8. The second-order valence-corrected chi connectivity index (χ2v) is 7.07. The second-order valence-electron chi connectivity index (χ2n) is 6.51. The van der Waals surface area contributed by atoms with E-state index in [9.17, 15) is 18.4 Å². The molecule has 3 aliphatic rings. The highest BCUT2D eigenvalue weighted by atomic mass is 32.2. The van der Waals surface area contributed by atoms with Crippen molar-refractivity contribution >= 4 is 23.3 Å². The Morgan fingerprint density at radius 2 is 2.29 bits per heavy atom. The standard InChI is InChI=1S/C13H22N4O6S/c1-8-4-9(14-5-8)7-22-15-12(18)11-3-2-10-6-16(11)13(19)17(10)23-24(20)21/h8-11,14H,2-7H2,1H3,(H,15,18)(H,20,21)/p-1/t8-,9+,10?,11?/m1/s1. The van der Waals surface area contributed by atoms with Gasteiger partial charge in [0, 0.05) is 12.6 Å². The van der Waals surface area contributed by atoms with Crippen LogP contribution in [0.4, 0.5) is 4.79 Å². The molecule has 2 N–H and O–H groups in total. The molecular formula is C13H21N4O6S-. The van der Waals surface area contributed by atoms with Crippen LogP contribution in [0.5, 0.6) is 0 Å². The highest BCUT2D eigenvalue weighted by molar-refractivity contribution is 7.74. The smallest absolute Gasteiger partial charge is 0.346 e. The number of amides is 3. The van der Waals surface area contributed by atoms with Crippen molar-refractivity contribution in [1.29, 1.82) is 0 Å². The first kappa shape index (κ1) is 17.5. The number of hydrogen-bond donors (Lipinski definition) is 2. The van der Waals surface area contributed by atoms with Gasteiger partial charge in [-0.05, 0) is 31.7 Å². The molecule has 10 nitrogen and oxygen atoms in total. The number of hydrogen-bond acceptors (Lipinski definition) is 7. The predicted octanol–water partition coefficient (Wildman–Crippen LogP) is -0.973. The summed E-state index contributed by atoms with van der Waals surface area (Å²) in [5.74, 6) is 0.183. The Morgan fingerprint density at radius 3 is 2.96 bits per heavy atom. The number of rotatable bonds is 6. The van der Waals surface area contributed by atoms with Crippen molar-refractivity contribution in [2.45, 2.75) is 44.3 Å². The van der Waals surface area contributed by atoms with Gasteiger partial charge in [-0.2, -0.15) is 9.35 Å². The van der Waals surface area contributed by atoms with Gasteiger partial charge in [-0.1, -0.05) is 6.92 Å². The number of nitrogens with one attached hydrogen (secondary N) is 2. The van der Waals surface area contributed by atoms with Crippen LogP contribution in [-0.2, 0) is 25.3 Å². The van der Waals surface area contributed by atoms with Crippen LogP contribution in [0.1, 0.15) is 26.2 Å². The van der Waals surface area contributed by atoms with Crippen LogP contribution in [0.25, 0.3) is 0 Å². The van der Waals surface area contributed by atoms with E-state index < -0.39 is 29.3 Å². The van der Waals surface area contributed by atoms with Crippen molar-refractivity contribution in [3.63, 3.8) is 0 Å². The van der Waals surface area contributed by atoms with Crippen LogP contribution in [0.15, 0.2) is 0 Å². The molecule has 3 aliphatic heterocycles. The Hall–Kier alpha value is -1.27. The highest BCUT2D eigenvalue weighted by Crippen LogP contribution is 2.30. The van der Waals surface area contributed by atoms with Crippen LogP contribution < -0.4 is 10.8 Å². The zero-order valence-corrected chi connectivity index (χ0v) is 14.1. The van der Waals surface area contributed by atoms with E-state index in [0.29, 0.717) is 25.4 Å². The van der Waals surface area contributed by atoms with Gasteiger partial charge in [-0.3, -0.25) is 9.63 Å². The van der Waals surface area contributed by atoms with Crippen LogP contribution >= 0.6 is 0 Å². The third-order valence-corrected chi connectivity index (χ3v) is 4.95. The maximum absolute atomic E-state index is 12.3. The van der Waals surface area contributed by atoms with Crippen LogP contribution in [0.2, 0.25) is 0 Å². The Labute approximate surface area is 142 Å². The molecule has 24 heavy (non-hydrogen) atoms. The van der Waals surface area contributed by atoms with E-state index in [-0.39, 0.29) is 18.6 Å². The number of carbonyl (C=O) groups excluding carboxylic acids is 2. The number of hydroxylamine groups is 3. The first-order valence-electron chi connectivity index (χ1n) is 7.98. The molecular weight excluding hydrogens is 340 g/mol. The summed E-state index contributed by atoms with van der Waals surface area (Å²) in [6.07, 6.45) is 1.90. The fourth-order valence-corrected chi connectivity index (χ4v) is 3.81. The molecule has 3 saturated heterocycles. The molecule has 136 valence electrons. The lowest BCUT2D eigenvalue weighted by atomic mass is 10.0. The highest BCUT2D eigenvalue weighted by Gasteiger charge is 2.48. The molecule has 0 aromatic rings. The zero-order chi connectivity index (χ0) is 17.3. The largest absolute Gasteiger partial charge is 0.748 e. The summed E-state index contributed by atoms with van der Waals surface area (Å²) < 4.78 is 25.8. The summed E-state index contributed by atoms with van der Waals surface area (Å²) in [6, 6.07) is -1.45. The van der Waals surface area contributed by atoms with Crippen LogP contribution in [-0.4, -0.2) is 68.5 Å². The number of carbonyl (C=O) groups is 2. The monoisotopic (exact) mass is 361 g/mol. The van der Waals surface area contributed by atoms with Gasteiger partial charge < -0.3 is 14.8 Å². The molecule has 3 unspecified atom stereocenters. The van der Waals surface area contributed by atoms with E-state index in [1.807, 2.05) is 0 Å². The van der Waals surface area contributed by atoms with Crippen molar-refractivity contribution in [3.8, 4) is 0 Å². The SMILES string of the molecule is C[C@H]1CN[C@H](CONC(=O)C2CCC3CN2C(=O)N3OS(=O)[O-])C1. The van der Waals surface area contributed by atoms with E-state index in [1.54, 1.807) is 0 Å². The molecule has 3 heterocycles. The predicted molar refractivity (Wildman–Crippen MR) is 80.4 cm³/mol. The average molecular weight is 361 g/mol. The van der Waals surface area contributed by atoms with E-state index in [4.69, 9.17) is 4.84 Å². The fourth-order valence-electron chi connectivity index (χ4n) is 3.50. The summed E-state index contributed by atoms with van der Waals surface area (Å²) in [4.78, 5) is 31.0. The van der Waals surface area contributed by atoms with Crippen molar-refractivity contribution in [3.05, 3.63) is 0 Å². The molecule has 0 spiro atoms. The molecule has 3 fully saturated rings.